The predicted octanol–water partition coefficient (Wildman–Crippen LogP) is 2.25. The van der Waals surface area contributed by atoms with Crippen molar-refractivity contribution in [3.63, 3.8) is 0 Å². The van der Waals surface area contributed by atoms with Crippen LogP contribution >= 0.6 is 11.8 Å². The molecule has 1 aliphatic heterocycles. The summed E-state index contributed by atoms with van der Waals surface area (Å²) in [6, 6.07) is 0. The molecule has 8 nitrogen and oxygen atoms in total. The van der Waals surface area contributed by atoms with E-state index in [2.05, 4.69) is 0 Å². The molecule has 0 spiro atoms. The summed E-state index contributed by atoms with van der Waals surface area (Å²) >= 11 is 1.27. The molecule has 0 bridgehead atoms. The maximum absolute atomic E-state index is 12.1. The second kappa shape index (κ2) is 16.6. The number of hydrogen-bond donors (Lipinski definition) is 0. The van der Waals surface area contributed by atoms with E-state index in [0.717, 1.165) is 0 Å². The van der Waals surface area contributed by atoms with Crippen molar-refractivity contribution >= 4 is 35.5 Å². The molecule has 0 aromatic rings. The summed E-state index contributed by atoms with van der Waals surface area (Å²) in [7, 11) is 0. The summed E-state index contributed by atoms with van der Waals surface area (Å²) in [5.74, 6) is -0.721. The van der Waals surface area contributed by atoms with Crippen LogP contribution in [0.2, 0.25) is 0 Å². The van der Waals surface area contributed by atoms with E-state index in [0.29, 0.717) is 11.7 Å². The van der Waals surface area contributed by atoms with Crippen LogP contribution in [0.25, 0.3) is 0 Å². The van der Waals surface area contributed by atoms with Crippen molar-refractivity contribution in [2.45, 2.75) is 50.9 Å². The number of ether oxygens (including phenoxy) is 4. The first-order chi connectivity index (χ1) is 15.8. The number of thioether (sulfide) groups is 1. The molecule has 2 saturated carbocycles. The fourth-order valence-electron chi connectivity index (χ4n) is 3.14. The Morgan fingerprint density at radius 2 is 1.32 bits per heavy atom. The van der Waals surface area contributed by atoms with E-state index in [1.165, 1.54) is 32.5 Å². The van der Waals surface area contributed by atoms with Crippen LogP contribution in [0.4, 0.5) is 0 Å². The number of ketones is 1. The SMILES string of the molecule is CC(=O)O[C@@H]1[C@@H](OC(C)=O)[C@H](SCCC(=O)[C]2[CH][CH][CH][CH]2)OC[C@H]1OC(C)=O.[CH]1[CH][CH][CH][CH]1.[Fe+2]. The summed E-state index contributed by atoms with van der Waals surface area (Å²) in [5.41, 5.74) is -0.674. The van der Waals surface area contributed by atoms with Gasteiger partial charge in [0.1, 0.15) is 11.2 Å². The number of rotatable bonds is 8. The summed E-state index contributed by atoms with van der Waals surface area (Å²) < 4.78 is 21.5. The molecule has 1 heterocycles. The fourth-order valence-corrected chi connectivity index (χ4v) is 4.26. The molecule has 10 heteroatoms. The zero-order chi connectivity index (χ0) is 24.2. The van der Waals surface area contributed by atoms with Gasteiger partial charge in [0, 0.05) is 38.9 Å². The monoisotopic (exact) mass is 532 g/mol. The molecule has 3 aliphatic rings. The standard InChI is InChI=1S/C19H23O8S.C5H5.Fe/c1-11(20)25-16-10-24-19(18(27-13(3)22)17(16)26-12(2)21)28-9-8-15(23)14-6-4-5-7-14;1-2-4-5-3-1;/h4-7,16-19H,8-10H2,1-3H3;1-5H;/q;;+2/t16-,17+,18-,19+;;/m1../s1. The average molecular weight is 532 g/mol. The van der Waals surface area contributed by atoms with Gasteiger partial charge in [-0.25, -0.2) is 0 Å². The van der Waals surface area contributed by atoms with E-state index in [1.54, 1.807) is 25.7 Å². The van der Waals surface area contributed by atoms with Crippen molar-refractivity contribution in [2.75, 3.05) is 12.4 Å². The Balaban J connectivity index is 0.000000851. The maximum Gasteiger partial charge on any atom is 2.00 e. The molecule has 0 N–H and O–H groups in total. The summed E-state index contributed by atoms with van der Waals surface area (Å²) in [6.07, 6.45) is 14.5. The molecule has 2 aliphatic carbocycles. The molecule has 1 saturated heterocycles. The van der Waals surface area contributed by atoms with Crippen LogP contribution in [0.1, 0.15) is 27.2 Å². The molecule has 0 aromatic carbocycles. The molecule has 4 atom stereocenters. The Morgan fingerprint density at radius 1 is 0.824 bits per heavy atom. The fraction of sp³-hybridized carbons (Fsp3) is 0.417. The molecule has 34 heavy (non-hydrogen) atoms. The Hall–Kier alpha value is -1.09. The van der Waals surface area contributed by atoms with Crippen LogP contribution in [0, 0.1) is 63.7 Å². The van der Waals surface area contributed by atoms with Crippen molar-refractivity contribution in [1.29, 1.82) is 0 Å². The number of esters is 3. The third-order valence-electron chi connectivity index (χ3n) is 4.46. The zero-order valence-electron chi connectivity index (χ0n) is 19.2. The van der Waals surface area contributed by atoms with Gasteiger partial charge >= 0.3 is 35.0 Å². The van der Waals surface area contributed by atoms with Gasteiger partial charge in [0.2, 0.25) is 0 Å². The first kappa shape index (κ1) is 30.9. The first-order valence-corrected chi connectivity index (χ1v) is 11.5. The van der Waals surface area contributed by atoms with Crippen LogP contribution in [0.5, 0.6) is 0 Å². The van der Waals surface area contributed by atoms with E-state index in [-0.39, 0.29) is 35.9 Å². The van der Waals surface area contributed by atoms with Gasteiger partial charge in [0.25, 0.3) is 0 Å². The van der Waals surface area contributed by atoms with Crippen LogP contribution in [-0.2, 0) is 55.2 Å². The summed E-state index contributed by atoms with van der Waals surface area (Å²) in [6.45, 7) is 3.64. The van der Waals surface area contributed by atoms with Crippen molar-refractivity contribution in [3.05, 3.63) is 63.7 Å². The van der Waals surface area contributed by atoms with E-state index in [4.69, 9.17) is 18.9 Å². The van der Waals surface area contributed by atoms with Gasteiger partial charge in [-0.05, 0) is 57.8 Å². The molecular weight excluding hydrogens is 504 g/mol. The van der Waals surface area contributed by atoms with Gasteiger partial charge in [-0.15, -0.1) is 11.8 Å². The van der Waals surface area contributed by atoms with Gasteiger partial charge in [0.15, 0.2) is 18.3 Å². The second-order valence-corrected chi connectivity index (χ2v) is 8.38. The number of carbonyl (C=O) groups is 4. The summed E-state index contributed by atoms with van der Waals surface area (Å²) in [4.78, 5) is 46.6. The molecule has 0 unspecified atom stereocenters. The smallest absolute Gasteiger partial charge is 0.456 e. The maximum atomic E-state index is 12.1. The van der Waals surface area contributed by atoms with Gasteiger partial charge in [-0.2, -0.15) is 0 Å². The Morgan fingerprint density at radius 3 is 1.82 bits per heavy atom. The molecule has 0 amide bonds. The molecule has 10 radical (unpaired) electrons. The third-order valence-corrected chi connectivity index (χ3v) is 5.63. The summed E-state index contributed by atoms with van der Waals surface area (Å²) in [5, 5.41) is 0. The average Bonchev–Trinajstić information content (AvgIpc) is 3.47. The van der Waals surface area contributed by atoms with Crippen LogP contribution in [-0.4, -0.2) is 59.8 Å². The van der Waals surface area contributed by atoms with Gasteiger partial charge in [0.05, 0.1) is 6.61 Å². The topological polar surface area (TPSA) is 105 Å². The third kappa shape index (κ3) is 11.1. The quantitative estimate of drug-likeness (QED) is 0.265. The Kier molecular flexibility index (Phi) is 15.1. The van der Waals surface area contributed by atoms with E-state index < -0.39 is 41.7 Å². The molecule has 0 aromatic heterocycles. The van der Waals surface area contributed by atoms with Gasteiger partial charge in [-0.3, -0.25) is 19.2 Å². The Bertz CT molecular complexity index is 656. The minimum absolute atomic E-state index is 0. The number of Topliss-reactive ketones (excluding diaryl/α,β-unsaturated/α-hetero) is 1. The normalized spacial score (nSPS) is 26.4. The van der Waals surface area contributed by atoms with Crippen molar-refractivity contribution in [3.8, 4) is 0 Å². The molecule has 3 fully saturated rings. The van der Waals surface area contributed by atoms with E-state index in [9.17, 15) is 19.2 Å². The molecular formula is C24H28FeO8S+2. The first-order valence-electron chi connectivity index (χ1n) is 10.4. The number of carbonyl (C=O) groups excluding carboxylic acids is 4. The van der Waals surface area contributed by atoms with Crippen molar-refractivity contribution in [2.24, 2.45) is 0 Å². The van der Waals surface area contributed by atoms with Gasteiger partial charge in [-0.1, -0.05) is 0 Å². The largest absolute Gasteiger partial charge is 2.00 e. The van der Waals surface area contributed by atoms with Crippen molar-refractivity contribution in [1.82, 2.24) is 0 Å². The van der Waals surface area contributed by atoms with Gasteiger partial charge < -0.3 is 18.9 Å². The zero-order valence-corrected chi connectivity index (χ0v) is 21.1. The van der Waals surface area contributed by atoms with Crippen LogP contribution in [0.3, 0.4) is 0 Å². The minimum Gasteiger partial charge on any atom is -0.456 e. The van der Waals surface area contributed by atoms with Crippen molar-refractivity contribution < 1.29 is 55.2 Å². The van der Waals surface area contributed by atoms with E-state index >= 15 is 0 Å². The number of hydrogen-bond acceptors (Lipinski definition) is 9. The second-order valence-electron chi connectivity index (χ2n) is 7.18. The minimum atomic E-state index is -0.998. The Labute approximate surface area is 217 Å². The van der Waals surface area contributed by atoms with Crippen LogP contribution < -0.4 is 0 Å². The molecule has 184 valence electrons. The van der Waals surface area contributed by atoms with Crippen LogP contribution in [0.15, 0.2) is 0 Å². The molecule has 3 rings (SSSR count). The van der Waals surface area contributed by atoms with E-state index in [1.807, 2.05) is 32.1 Å². The predicted molar refractivity (Wildman–Crippen MR) is 120 cm³/mol.